The molecule has 0 spiro atoms. The van der Waals surface area contributed by atoms with Crippen LogP contribution >= 0.6 is 10.7 Å². The number of amides is 1. The first kappa shape index (κ1) is 16.0. The van der Waals surface area contributed by atoms with E-state index in [2.05, 4.69) is 4.98 Å². The van der Waals surface area contributed by atoms with Gasteiger partial charge in [0.25, 0.3) is 15.0 Å². The van der Waals surface area contributed by atoms with Gasteiger partial charge in [0.15, 0.2) is 0 Å². The molecular weight excluding hydrogens is 292 g/mol. The number of halogens is 1. The van der Waals surface area contributed by atoms with Crippen LogP contribution in [0.15, 0.2) is 17.2 Å². The van der Waals surface area contributed by atoms with Gasteiger partial charge in [0, 0.05) is 30.5 Å². The lowest BCUT2D eigenvalue weighted by molar-refractivity contribution is 0.0574. The van der Waals surface area contributed by atoms with Gasteiger partial charge in [0.05, 0.1) is 12.6 Å². The van der Waals surface area contributed by atoms with Crippen molar-refractivity contribution in [1.82, 2.24) is 9.88 Å². The molecule has 108 valence electrons. The SMILES string of the molecule is CCN(C(=O)c1cc(S(=O)(=O)Cl)c[nH]1)C(C)COC. The van der Waals surface area contributed by atoms with Gasteiger partial charge in [-0.15, -0.1) is 0 Å². The number of methoxy groups -OCH3 is 1. The standard InChI is InChI=1S/C11H17ClN2O4S/c1-4-14(8(2)7-18-3)11(15)10-5-9(6-13-10)19(12,16)17/h5-6,8,13H,4,7H2,1-3H3. The maximum atomic E-state index is 12.2. The third-order valence-corrected chi connectivity index (χ3v) is 4.04. The molecule has 0 aliphatic heterocycles. The molecule has 1 aromatic heterocycles. The van der Waals surface area contributed by atoms with Crippen LogP contribution < -0.4 is 0 Å². The minimum absolute atomic E-state index is 0.109. The number of carbonyl (C=O) groups excluding carboxylic acids is 1. The number of aromatic amines is 1. The average Bonchev–Trinajstić information content (AvgIpc) is 2.78. The van der Waals surface area contributed by atoms with Crippen LogP contribution in [0, 0.1) is 0 Å². The first-order chi connectivity index (χ1) is 8.81. The van der Waals surface area contributed by atoms with Gasteiger partial charge in [-0.05, 0) is 19.9 Å². The highest BCUT2D eigenvalue weighted by Crippen LogP contribution is 2.17. The lowest BCUT2D eigenvalue weighted by Crippen LogP contribution is -2.41. The van der Waals surface area contributed by atoms with E-state index in [0.717, 1.165) is 0 Å². The van der Waals surface area contributed by atoms with Crippen molar-refractivity contribution in [2.24, 2.45) is 0 Å². The summed E-state index contributed by atoms with van der Waals surface area (Å²) in [7, 11) is 2.93. The van der Waals surface area contributed by atoms with E-state index in [0.29, 0.717) is 13.2 Å². The Balaban J connectivity index is 2.95. The Bertz CT molecular complexity index is 541. The van der Waals surface area contributed by atoms with E-state index >= 15 is 0 Å². The van der Waals surface area contributed by atoms with Crippen LogP contribution in [0.1, 0.15) is 24.3 Å². The van der Waals surface area contributed by atoms with Crippen molar-refractivity contribution in [3.63, 3.8) is 0 Å². The summed E-state index contributed by atoms with van der Waals surface area (Å²) in [6, 6.07) is 1.12. The van der Waals surface area contributed by atoms with Crippen LogP contribution in [-0.2, 0) is 13.8 Å². The zero-order valence-corrected chi connectivity index (χ0v) is 12.6. The Morgan fingerprint density at radius 3 is 2.63 bits per heavy atom. The molecule has 0 saturated heterocycles. The predicted molar refractivity (Wildman–Crippen MR) is 71.9 cm³/mol. The Labute approximate surface area is 117 Å². The zero-order chi connectivity index (χ0) is 14.6. The van der Waals surface area contributed by atoms with E-state index in [9.17, 15) is 13.2 Å². The van der Waals surface area contributed by atoms with Crippen molar-refractivity contribution < 1.29 is 17.9 Å². The molecule has 1 aromatic rings. The maximum Gasteiger partial charge on any atom is 0.270 e. The molecule has 0 aliphatic carbocycles. The number of hydrogen-bond donors (Lipinski definition) is 1. The fourth-order valence-corrected chi connectivity index (χ4v) is 2.51. The molecule has 19 heavy (non-hydrogen) atoms. The number of rotatable bonds is 6. The molecule has 0 fully saturated rings. The Hall–Kier alpha value is -1.05. The molecule has 6 nitrogen and oxygen atoms in total. The Morgan fingerprint density at radius 1 is 1.58 bits per heavy atom. The van der Waals surface area contributed by atoms with Crippen LogP contribution in [0.2, 0.25) is 0 Å². The van der Waals surface area contributed by atoms with E-state index in [-0.39, 0.29) is 22.5 Å². The number of nitrogens with zero attached hydrogens (tertiary/aromatic N) is 1. The maximum absolute atomic E-state index is 12.2. The molecule has 1 heterocycles. The van der Waals surface area contributed by atoms with Crippen molar-refractivity contribution in [2.45, 2.75) is 24.8 Å². The van der Waals surface area contributed by atoms with Crippen LogP contribution in [0.5, 0.6) is 0 Å². The minimum atomic E-state index is -3.83. The van der Waals surface area contributed by atoms with Crippen molar-refractivity contribution >= 4 is 25.6 Å². The van der Waals surface area contributed by atoms with E-state index in [1.54, 1.807) is 12.0 Å². The number of H-pyrrole nitrogens is 1. The molecule has 1 unspecified atom stereocenters. The number of likely N-dealkylation sites (N-methyl/N-ethyl adjacent to an activating group) is 1. The zero-order valence-electron chi connectivity index (χ0n) is 11.0. The van der Waals surface area contributed by atoms with Crippen LogP contribution in [0.25, 0.3) is 0 Å². The molecular formula is C11H17ClN2O4S. The quantitative estimate of drug-likeness (QED) is 0.806. The Morgan fingerprint density at radius 2 is 2.21 bits per heavy atom. The molecule has 0 radical (unpaired) electrons. The van der Waals surface area contributed by atoms with Gasteiger partial charge in [0.1, 0.15) is 10.6 Å². The van der Waals surface area contributed by atoms with Gasteiger partial charge >= 0.3 is 0 Å². The smallest absolute Gasteiger partial charge is 0.270 e. The second-order valence-corrected chi connectivity index (χ2v) is 6.65. The summed E-state index contributed by atoms with van der Waals surface area (Å²) in [5.74, 6) is -0.293. The molecule has 0 bridgehead atoms. The largest absolute Gasteiger partial charge is 0.383 e. The van der Waals surface area contributed by atoms with Crippen molar-refractivity contribution in [3.8, 4) is 0 Å². The van der Waals surface area contributed by atoms with E-state index in [1.807, 2.05) is 13.8 Å². The van der Waals surface area contributed by atoms with E-state index in [1.165, 1.54) is 12.3 Å². The number of hydrogen-bond acceptors (Lipinski definition) is 4. The Kier molecular flexibility index (Phi) is 5.39. The molecule has 0 aromatic carbocycles. The number of ether oxygens (including phenoxy) is 1. The molecule has 1 amide bonds. The van der Waals surface area contributed by atoms with Crippen molar-refractivity contribution in [1.29, 1.82) is 0 Å². The summed E-state index contributed by atoms with van der Waals surface area (Å²) >= 11 is 0. The third kappa shape index (κ3) is 3.95. The molecule has 1 rings (SSSR count). The topological polar surface area (TPSA) is 79.5 Å². The monoisotopic (exact) mass is 308 g/mol. The van der Waals surface area contributed by atoms with Gasteiger partial charge in [-0.1, -0.05) is 0 Å². The lowest BCUT2D eigenvalue weighted by Gasteiger charge is -2.27. The van der Waals surface area contributed by atoms with E-state index in [4.69, 9.17) is 15.4 Å². The van der Waals surface area contributed by atoms with Crippen LogP contribution in [-0.4, -0.2) is 50.5 Å². The van der Waals surface area contributed by atoms with E-state index < -0.39 is 9.05 Å². The number of carbonyl (C=O) groups is 1. The normalized spacial score (nSPS) is 13.3. The molecule has 0 aliphatic rings. The predicted octanol–water partition coefficient (Wildman–Crippen LogP) is 1.44. The summed E-state index contributed by atoms with van der Waals surface area (Å²) in [6.07, 6.45) is 1.20. The minimum Gasteiger partial charge on any atom is -0.383 e. The molecule has 8 heteroatoms. The second kappa shape index (κ2) is 6.40. The van der Waals surface area contributed by atoms with Crippen LogP contribution in [0.4, 0.5) is 0 Å². The first-order valence-electron chi connectivity index (χ1n) is 5.74. The van der Waals surface area contributed by atoms with Gasteiger partial charge in [-0.3, -0.25) is 4.79 Å². The number of aromatic nitrogens is 1. The summed E-state index contributed by atoms with van der Waals surface area (Å²) < 4.78 is 27.3. The summed E-state index contributed by atoms with van der Waals surface area (Å²) in [4.78, 5) is 16.3. The van der Waals surface area contributed by atoms with Gasteiger partial charge in [-0.2, -0.15) is 0 Å². The highest BCUT2D eigenvalue weighted by atomic mass is 35.7. The molecule has 1 atom stereocenters. The fraction of sp³-hybridized carbons (Fsp3) is 0.545. The number of nitrogens with one attached hydrogen (secondary N) is 1. The average molecular weight is 309 g/mol. The first-order valence-corrected chi connectivity index (χ1v) is 8.05. The van der Waals surface area contributed by atoms with Gasteiger partial charge < -0.3 is 14.6 Å². The van der Waals surface area contributed by atoms with Gasteiger partial charge in [0.2, 0.25) is 0 Å². The highest BCUT2D eigenvalue weighted by molar-refractivity contribution is 8.13. The fourth-order valence-electron chi connectivity index (χ4n) is 1.78. The van der Waals surface area contributed by atoms with Crippen molar-refractivity contribution in [2.75, 3.05) is 20.3 Å². The third-order valence-electron chi connectivity index (χ3n) is 2.71. The summed E-state index contributed by atoms with van der Waals surface area (Å²) in [6.45, 7) is 4.59. The second-order valence-electron chi connectivity index (χ2n) is 4.08. The molecule has 0 saturated carbocycles. The highest BCUT2D eigenvalue weighted by Gasteiger charge is 2.23. The molecule has 1 N–H and O–H groups in total. The summed E-state index contributed by atoms with van der Waals surface area (Å²) in [5, 5.41) is 0. The van der Waals surface area contributed by atoms with Crippen molar-refractivity contribution in [3.05, 3.63) is 18.0 Å². The summed E-state index contributed by atoms with van der Waals surface area (Å²) in [5.41, 5.74) is 0.184. The lowest BCUT2D eigenvalue weighted by atomic mass is 10.2. The van der Waals surface area contributed by atoms with Crippen LogP contribution in [0.3, 0.4) is 0 Å². The van der Waals surface area contributed by atoms with Gasteiger partial charge in [-0.25, -0.2) is 8.42 Å².